The van der Waals surface area contributed by atoms with Crippen molar-refractivity contribution in [2.45, 2.75) is 45.1 Å². The molecule has 1 saturated heterocycles. The molecule has 0 aromatic heterocycles. The molecule has 1 atom stereocenters. The highest BCUT2D eigenvalue weighted by molar-refractivity contribution is 5.84. The van der Waals surface area contributed by atoms with E-state index in [0.717, 1.165) is 19.4 Å². The number of ketones is 2. The molecule has 1 aliphatic heterocycles. The Balaban J connectivity index is 1.88. The van der Waals surface area contributed by atoms with E-state index in [1.807, 2.05) is 0 Å². The topological polar surface area (TPSA) is 46.7 Å². The van der Waals surface area contributed by atoms with E-state index in [1.165, 1.54) is 6.92 Å². The molecule has 0 saturated carbocycles. The van der Waals surface area contributed by atoms with Gasteiger partial charge >= 0.3 is 0 Å². The van der Waals surface area contributed by atoms with E-state index in [9.17, 15) is 9.59 Å². The minimum Gasteiger partial charge on any atom is -0.373 e. The lowest BCUT2D eigenvalue weighted by molar-refractivity contribution is -0.123. The lowest BCUT2D eigenvalue weighted by atomic mass is 10.1. The van der Waals surface area contributed by atoms with Crippen molar-refractivity contribution in [2.75, 3.05) is 6.61 Å². The summed E-state index contributed by atoms with van der Waals surface area (Å²) in [5.74, 6) is 0.293. The third-order valence-corrected chi connectivity index (χ3v) is 2.20. The molecule has 0 aromatic rings. The Morgan fingerprint density at radius 1 is 1.36 bits per heavy atom. The molecule has 14 heavy (non-hydrogen) atoms. The third kappa shape index (κ3) is 5.86. The van der Waals surface area contributed by atoms with Crippen LogP contribution in [0.1, 0.15) is 39.0 Å². The number of ether oxygens (including phenoxy) is 1. The van der Waals surface area contributed by atoms with Crippen LogP contribution in [-0.2, 0) is 14.3 Å². The van der Waals surface area contributed by atoms with Crippen LogP contribution in [0.5, 0.6) is 0 Å². The van der Waals surface area contributed by atoms with Crippen molar-refractivity contribution in [1.82, 2.24) is 0 Å². The van der Waals surface area contributed by atoms with Crippen LogP contribution < -0.4 is 0 Å². The maximum atomic E-state index is 11.2. The van der Waals surface area contributed by atoms with Crippen LogP contribution >= 0.6 is 0 Å². The molecule has 1 fully saturated rings. The molecule has 0 aliphatic carbocycles. The minimum absolute atomic E-state index is 0.0938. The van der Waals surface area contributed by atoms with Gasteiger partial charge in [0, 0.05) is 19.3 Å². The first-order valence-electron chi connectivity index (χ1n) is 5.14. The van der Waals surface area contributed by atoms with Gasteiger partial charge in [-0.25, -0.2) is 0 Å². The molecule has 1 radical (unpaired) electrons. The predicted molar refractivity (Wildman–Crippen MR) is 52.8 cm³/mol. The number of hydrogen-bond acceptors (Lipinski definition) is 3. The zero-order valence-corrected chi connectivity index (χ0v) is 8.62. The molecule has 1 heterocycles. The maximum absolute atomic E-state index is 11.2. The highest BCUT2D eigenvalue weighted by atomic mass is 16.6. The molecule has 0 spiro atoms. The highest BCUT2D eigenvalue weighted by Gasteiger charge is 2.21. The molecule has 0 bridgehead atoms. The van der Waals surface area contributed by atoms with Crippen molar-refractivity contribution in [3.05, 3.63) is 6.42 Å². The van der Waals surface area contributed by atoms with Crippen molar-refractivity contribution in [2.24, 2.45) is 0 Å². The van der Waals surface area contributed by atoms with Gasteiger partial charge in [-0.1, -0.05) is 0 Å². The summed E-state index contributed by atoms with van der Waals surface area (Å²) < 4.78 is 5.01. The van der Waals surface area contributed by atoms with Crippen LogP contribution in [-0.4, -0.2) is 24.3 Å². The van der Waals surface area contributed by atoms with Crippen molar-refractivity contribution in [3.8, 4) is 0 Å². The SMILES string of the molecule is CC(=O)CCC(=O)CCC[CH]C1CO1. The Morgan fingerprint density at radius 3 is 2.64 bits per heavy atom. The van der Waals surface area contributed by atoms with Gasteiger partial charge in [0.2, 0.25) is 0 Å². The molecule has 3 heteroatoms. The fourth-order valence-electron chi connectivity index (χ4n) is 1.24. The second kappa shape index (κ2) is 5.91. The first-order chi connectivity index (χ1) is 6.68. The highest BCUT2D eigenvalue weighted by Crippen LogP contribution is 2.16. The Kier molecular flexibility index (Phi) is 4.80. The summed E-state index contributed by atoms with van der Waals surface area (Å²) in [6, 6.07) is 0. The van der Waals surface area contributed by atoms with E-state index in [0.29, 0.717) is 25.4 Å². The van der Waals surface area contributed by atoms with E-state index < -0.39 is 0 Å². The number of unbranched alkanes of at least 4 members (excludes halogenated alkanes) is 1. The van der Waals surface area contributed by atoms with Crippen LogP contribution in [0.4, 0.5) is 0 Å². The molecule has 79 valence electrons. The van der Waals surface area contributed by atoms with Gasteiger partial charge in [0.25, 0.3) is 0 Å². The van der Waals surface area contributed by atoms with Gasteiger partial charge in [0.05, 0.1) is 12.7 Å². The average molecular weight is 197 g/mol. The third-order valence-electron chi connectivity index (χ3n) is 2.20. The first-order valence-corrected chi connectivity index (χ1v) is 5.14. The normalized spacial score (nSPS) is 19.4. The van der Waals surface area contributed by atoms with E-state index in [1.54, 1.807) is 0 Å². The smallest absolute Gasteiger partial charge is 0.133 e. The van der Waals surface area contributed by atoms with Gasteiger partial charge < -0.3 is 9.53 Å². The standard InChI is InChI=1S/C11H17O3/c1-9(12)6-7-10(13)4-2-3-5-11-8-14-11/h5,11H,2-4,6-8H2,1H3. The van der Waals surface area contributed by atoms with Gasteiger partial charge in [0.15, 0.2) is 0 Å². The first kappa shape index (κ1) is 11.4. The van der Waals surface area contributed by atoms with E-state index >= 15 is 0 Å². The van der Waals surface area contributed by atoms with Crippen LogP contribution in [0.15, 0.2) is 0 Å². The van der Waals surface area contributed by atoms with Crippen LogP contribution in [0.3, 0.4) is 0 Å². The van der Waals surface area contributed by atoms with Gasteiger partial charge in [-0.05, 0) is 26.2 Å². The molecule has 3 nitrogen and oxygen atoms in total. The predicted octanol–water partition coefficient (Wildman–Crippen LogP) is 1.70. The fraction of sp³-hybridized carbons (Fsp3) is 0.727. The van der Waals surface area contributed by atoms with Gasteiger partial charge in [-0.3, -0.25) is 4.79 Å². The molecular formula is C11H17O3. The Bertz CT molecular complexity index is 207. The molecule has 0 aromatic carbocycles. The molecule has 1 aliphatic rings. The van der Waals surface area contributed by atoms with Crippen LogP contribution in [0.2, 0.25) is 0 Å². The summed E-state index contributed by atoms with van der Waals surface area (Å²) in [7, 11) is 0. The number of hydrogen-bond donors (Lipinski definition) is 0. The zero-order chi connectivity index (χ0) is 10.4. The summed E-state index contributed by atoms with van der Waals surface area (Å²) in [5, 5.41) is 0. The van der Waals surface area contributed by atoms with E-state index in [-0.39, 0.29) is 11.6 Å². The van der Waals surface area contributed by atoms with Gasteiger partial charge in [-0.2, -0.15) is 0 Å². The number of carbonyl (C=O) groups excluding carboxylic acids is 2. The molecule has 1 rings (SSSR count). The van der Waals surface area contributed by atoms with Crippen LogP contribution in [0.25, 0.3) is 0 Å². The molecular weight excluding hydrogens is 180 g/mol. The quantitative estimate of drug-likeness (QED) is 0.439. The number of rotatable bonds is 8. The van der Waals surface area contributed by atoms with Crippen molar-refractivity contribution >= 4 is 11.6 Å². The van der Waals surface area contributed by atoms with E-state index in [2.05, 4.69) is 6.42 Å². The largest absolute Gasteiger partial charge is 0.373 e. The summed E-state index contributed by atoms with van der Waals surface area (Å²) in [5.41, 5.74) is 0. The fourth-order valence-corrected chi connectivity index (χ4v) is 1.24. The number of Topliss-reactive ketones (excluding diaryl/α,β-unsaturated/α-hetero) is 2. The Labute approximate surface area is 84.8 Å². The maximum Gasteiger partial charge on any atom is 0.133 e. The monoisotopic (exact) mass is 197 g/mol. The Morgan fingerprint density at radius 2 is 2.07 bits per heavy atom. The van der Waals surface area contributed by atoms with Crippen molar-refractivity contribution in [1.29, 1.82) is 0 Å². The zero-order valence-electron chi connectivity index (χ0n) is 8.62. The minimum atomic E-state index is 0.0938. The second-order valence-electron chi connectivity index (χ2n) is 3.74. The van der Waals surface area contributed by atoms with Crippen LogP contribution in [0, 0.1) is 6.42 Å². The molecule has 1 unspecified atom stereocenters. The lowest BCUT2D eigenvalue weighted by Crippen LogP contribution is -2.01. The van der Waals surface area contributed by atoms with Gasteiger partial charge in [-0.15, -0.1) is 0 Å². The van der Waals surface area contributed by atoms with Gasteiger partial charge in [0.1, 0.15) is 11.6 Å². The summed E-state index contributed by atoms with van der Waals surface area (Å²) in [4.78, 5) is 21.8. The van der Waals surface area contributed by atoms with Crippen molar-refractivity contribution in [3.63, 3.8) is 0 Å². The second-order valence-corrected chi connectivity index (χ2v) is 3.74. The lowest BCUT2D eigenvalue weighted by Gasteiger charge is -1.98. The van der Waals surface area contributed by atoms with E-state index in [4.69, 9.17) is 4.74 Å². The number of carbonyl (C=O) groups is 2. The summed E-state index contributed by atoms with van der Waals surface area (Å²) in [6.45, 7) is 2.36. The van der Waals surface area contributed by atoms with Crippen molar-refractivity contribution < 1.29 is 14.3 Å². The summed E-state index contributed by atoms with van der Waals surface area (Å²) >= 11 is 0. The molecule has 0 amide bonds. The number of epoxide rings is 1. The molecule has 0 N–H and O–H groups in total. The average Bonchev–Trinajstić information content (AvgIpc) is 2.92. The Hall–Kier alpha value is -0.700. The summed E-state index contributed by atoms with van der Waals surface area (Å²) in [6.07, 6.45) is 5.69.